The van der Waals surface area contributed by atoms with Gasteiger partial charge in [0.25, 0.3) is 5.69 Å². The first-order valence-electron chi connectivity index (χ1n) is 6.89. The molecule has 1 amide bonds. The summed E-state index contributed by atoms with van der Waals surface area (Å²) in [6, 6.07) is 9.05. The number of hydrogen-bond acceptors (Lipinski definition) is 8. The van der Waals surface area contributed by atoms with Gasteiger partial charge < -0.3 is 16.5 Å². The third kappa shape index (κ3) is 3.79. The minimum absolute atomic E-state index is 0.142. The molecule has 0 unspecified atom stereocenters. The van der Waals surface area contributed by atoms with E-state index in [1.165, 1.54) is 0 Å². The molecule has 0 saturated carbocycles. The molecule has 0 aromatic heterocycles. The third-order valence-corrected chi connectivity index (χ3v) is 3.38. The van der Waals surface area contributed by atoms with E-state index < -0.39 is 33.2 Å². The van der Waals surface area contributed by atoms with E-state index >= 15 is 0 Å². The van der Waals surface area contributed by atoms with Gasteiger partial charge in [0.15, 0.2) is 0 Å². The number of hydrazine groups is 1. The normalized spacial score (nSPS) is 11.4. The van der Waals surface area contributed by atoms with Crippen LogP contribution in [0.2, 0.25) is 0 Å². The highest BCUT2D eigenvalue weighted by Crippen LogP contribution is 2.37. The minimum Gasteiger partial charge on any atom is -0.368 e. The summed E-state index contributed by atoms with van der Waals surface area (Å²) < 4.78 is 0. The van der Waals surface area contributed by atoms with Crippen molar-refractivity contribution < 1.29 is 14.6 Å². The zero-order chi connectivity index (χ0) is 18.6. The number of hydrogen-bond donors (Lipinski definition) is 4. The first-order chi connectivity index (χ1) is 11.8. The number of nitro benzene ring substituents is 2. The monoisotopic (exact) mass is 346 g/mol. The Morgan fingerprint density at radius 2 is 1.56 bits per heavy atom. The van der Waals surface area contributed by atoms with Crippen LogP contribution < -0.4 is 22.3 Å². The maximum Gasteiger partial charge on any atom is 0.300 e. The highest BCUT2D eigenvalue weighted by atomic mass is 16.6. The van der Waals surface area contributed by atoms with Gasteiger partial charge in [0.1, 0.15) is 17.4 Å². The Morgan fingerprint density at radius 3 is 2.04 bits per heavy atom. The maximum absolute atomic E-state index is 11.8. The Morgan fingerprint density at radius 1 is 1.00 bits per heavy atom. The van der Waals surface area contributed by atoms with Gasteiger partial charge in [0.2, 0.25) is 5.91 Å². The van der Waals surface area contributed by atoms with Crippen molar-refractivity contribution in [2.45, 2.75) is 6.04 Å². The van der Waals surface area contributed by atoms with Gasteiger partial charge in [-0.2, -0.15) is 0 Å². The SMILES string of the molecule is NNc1cc(N[C@H](C(N)=O)c2ccccc2)c([N+](=O)[O-])cc1[N+](=O)[O-]. The molecule has 0 aliphatic heterocycles. The van der Waals surface area contributed by atoms with Crippen LogP contribution in [0.25, 0.3) is 0 Å². The van der Waals surface area contributed by atoms with Crippen molar-refractivity contribution in [3.63, 3.8) is 0 Å². The summed E-state index contributed by atoms with van der Waals surface area (Å²) in [5.41, 5.74) is 6.49. The number of amides is 1. The molecule has 0 heterocycles. The van der Waals surface area contributed by atoms with Gasteiger partial charge in [0, 0.05) is 0 Å². The maximum atomic E-state index is 11.8. The number of anilines is 2. The van der Waals surface area contributed by atoms with E-state index in [-0.39, 0.29) is 11.4 Å². The molecule has 0 fully saturated rings. The Balaban J connectivity index is 2.54. The van der Waals surface area contributed by atoms with Crippen LogP contribution in [-0.2, 0) is 4.79 Å². The second-order valence-electron chi connectivity index (χ2n) is 4.94. The lowest BCUT2D eigenvalue weighted by molar-refractivity contribution is -0.393. The molecule has 2 rings (SSSR count). The van der Waals surface area contributed by atoms with Gasteiger partial charge in [-0.3, -0.25) is 30.9 Å². The second-order valence-corrected chi connectivity index (χ2v) is 4.94. The molecule has 0 aliphatic carbocycles. The average Bonchev–Trinajstić information content (AvgIpc) is 2.59. The Kier molecular flexibility index (Phi) is 5.09. The molecule has 0 bridgehead atoms. The Labute approximate surface area is 140 Å². The van der Waals surface area contributed by atoms with E-state index in [9.17, 15) is 25.0 Å². The van der Waals surface area contributed by atoms with Crippen LogP contribution in [0.15, 0.2) is 42.5 Å². The molecule has 2 aromatic rings. The van der Waals surface area contributed by atoms with Crippen LogP contribution in [-0.4, -0.2) is 15.8 Å². The highest BCUT2D eigenvalue weighted by molar-refractivity contribution is 5.86. The summed E-state index contributed by atoms with van der Waals surface area (Å²) in [5.74, 6) is 4.46. The lowest BCUT2D eigenvalue weighted by Gasteiger charge is -2.17. The van der Waals surface area contributed by atoms with Gasteiger partial charge in [-0.05, 0) is 11.6 Å². The number of rotatable bonds is 7. The first kappa shape index (κ1) is 17.6. The molecule has 0 radical (unpaired) electrons. The van der Waals surface area contributed by atoms with E-state index in [1.807, 2.05) is 0 Å². The molecular weight excluding hydrogens is 332 g/mol. The zero-order valence-corrected chi connectivity index (χ0v) is 12.7. The van der Waals surface area contributed by atoms with Gasteiger partial charge in [-0.1, -0.05) is 30.3 Å². The smallest absolute Gasteiger partial charge is 0.300 e. The molecule has 130 valence electrons. The third-order valence-electron chi connectivity index (χ3n) is 3.38. The second kappa shape index (κ2) is 7.23. The molecule has 2 aromatic carbocycles. The van der Waals surface area contributed by atoms with E-state index in [4.69, 9.17) is 11.6 Å². The molecule has 6 N–H and O–H groups in total. The van der Waals surface area contributed by atoms with E-state index in [0.717, 1.165) is 12.1 Å². The quantitative estimate of drug-likeness (QED) is 0.330. The molecule has 25 heavy (non-hydrogen) atoms. The molecule has 0 saturated heterocycles. The largest absolute Gasteiger partial charge is 0.368 e. The number of benzene rings is 2. The number of nitrogens with zero attached hydrogens (tertiary/aromatic N) is 2. The topological polar surface area (TPSA) is 179 Å². The van der Waals surface area contributed by atoms with Gasteiger partial charge in [-0.15, -0.1) is 0 Å². The number of carbonyl (C=O) groups is 1. The van der Waals surface area contributed by atoms with Crippen molar-refractivity contribution in [3.05, 3.63) is 68.3 Å². The van der Waals surface area contributed by atoms with Gasteiger partial charge in [-0.25, -0.2) is 0 Å². The molecule has 11 heteroatoms. The van der Waals surface area contributed by atoms with Crippen LogP contribution in [0.5, 0.6) is 0 Å². The summed E-state index contributed by atoms with van der Waals surface area (Å²) in [6.07, 6.45) is 0. The van der Waals surface area contributed by atoms with E-state index in [2.05, 4.69) is 10.7 Å². The van der Waals surface area contributed by atoms with Crippen LogP contribution >= 0.6 is 0 Å². The van der Waals surface area contributed by atoms with Gasteiger partial charge >= 0.3 is 5.69 Å². The molecular formula is C14H14N6O5. The molecule has 11 nitrogen and oxygen atoms in total. The van der Waals surface area contributed by atoms with Crippen LogP contribution in [0.1, 0.15) is 11.6 Å². The lowest BCUT2D eigenvalue weighted by atomic mass is 10.1. The van der Waals surface area contributed by atoms with Crippen LogP contribution in [0, 0.1) is 20.2 Å². The fourth-order valence-corrected chi connectivity index (χ4v) is 2.23. The minimum atomic E-state index is -1.08. The van der Waals surface area contributed by atoms with Gasteiger partial charge in [0.05, 0.1) is 15.9 Å². The molecule has 1 atom stereocenters. The average molecular weight is 346 g/mol. The van der Waals surface area contributed by atoms with Crippen molar-refractivity contribution in [3.8, 4) is 0 Å². The number of primary amides is 1. The first-order valence-corrected chi connectivity index (χ1v) is 6.89. The number of carbonyl (C=O) groups excluding carboxylic acids is 1. The van der Waals surface area contributed by atoms with Crippen molar-refractivity contribution in [2.24, 2.45) is 11.6 Å². The predicted octanol–water partition coefficient (Wildman–Crippen LogP) is 1.43. The lowest BCUT2D eigenvalue weighted by Crippen LogP contribution is -2.28. The Hall–Kier alpha value is -3.73. The van der Waals surface area contributed by atoms with Crippen molar-refractivity contribution in [1.82, 2.24) is 0 Å². The summed E-state index contributed by atoms with van der Waals surface area (Å²) in [5, 5.41) is 24.9. The van der Waals surface area contributed by atoms with Crippen molar-refractivity contribution in [2.75, 3.05) is 10.7 Å². The number of nitro groups is 2. The zero-order valence-electron chi connectivity index (χ0n) is 12.7. The predicted molar refractivity (Wildman–Crippen MR) is 89.6 cm³/mol. The highest BCUT2D eigenvalue weighted by Gasteiger charge is 2.27. The van der Waals surface area contributed by atoms with E-state index in [0.29, 0.717) is 5.56 Å². The fraction of sp³-hybridized carbons (Fsp3) is 0.0714. The number of nitrogens with one attached hydrogen (secondary N) is 2. The molecule has 0 aliphatic rings. The van der Waals surface area contributed by atoms with E-state index in [1.54, 1.807) is 30.3 Å². The number of nitrogen functional groups attached to an aromatic ring is 1. The molecule has 0 spiro atoms. The van der Waals surface area contributed by atoms with Crippen molar-refractivity contribution in [1.29, 1.82) is 0 Å². The fourth-order valence-electron chi connectivity index (χ4n) is 2.23. The summed E-state index contributed by atoms with van der Waals surface area (Å²) in [4.78, 5) is 32.4. The summed E-state index contributed by atoms with van der Waals surface area (Å²) in [6.45, 7) is 0. The van der Waals surface area contributed by atoms with Crippen LogP contribution in [0.4, 0.5) is 22.7 Å². The Bertz CT molecular complexity index is 826. The summed E-state index contributed by atoms with van der Waals surface area (Å²) in [7, 11) is 0. The number of nitrogens with two attached hydrogens (primary N) is 2. The van der Waals surface area contributed by atoms with Crippen molar-refractivity contribution >= 4 is 28.7 Å². The van der Waals surface area contributed by atoms with Crippen LogP contribution in [0.3, 0.4) is 0 Å². The standard InChI is InChI=1S/C14H14N6O5/c15-14(21)13(8-4-2-1-3-5-8)17-9-6-10(18-16)12(20(24)25)7-11(9)19(22)23/h1-7,13,17-18H,16H2,(H2,15,21)/t13-/m0/s1. The summed E-state index contributed by atoms with van der Waals surface area (Å²) >= 11 is 0.